The van der Waals surface area contributed by atoms with Crippen molar-refractivity contribution >= 4 is 11.6 Å². The molecule has 0 aliphatic carbocycles. The summed E-state index contributed by atoms with van der Waals surface area (Å²) in [5, 5.41) is 11.0. The fourth-order valence-electron chi connectivity index (χ4n) is 2.07. The number of aliphatic hydroxyl groups excluding tert-OH is 1. The van der Waals surface area contributed by atoms with Crippen LogP contribution in [0.15, 0.2) is 42.5 Å². The first-order chi connectivity index (χ1) is 9.10. The number of methoxy groups -OCH3 is 1. The van der Waals surface area contributed by atoms with Crippen molar-refractivity contribution in [3.8, 4) is 5.75 Å². The standard InChI is InChI=1S/C16H17ClO2/c1-11-3-6-13(17)10-15(11)16(18)9-12-4-7-14(19-2)8-5-12/h3-8,10,16,18H,9H2,1-2H3. The molecule has 2 aromatic carbocycles. The third kappa shape index (κ3) is 3.49. The molecule has 0 fully saturated rings. The first kappa shape index (κ1) is 13.9. The Morgan fingerprint density at radius 3 is 2.47 bits per heavy atom. The summed E-state index contributed by atoms with van der Waals surface area (Å²) in [6.45, 7) is 1.98. The first-order valence-corrected chi connectivity index (χ1v) is 6.55. The minimum Gasteiger partial charge on any atom is -0.497 e. The van der Waals surface area contributed by atoms with Gasteiger partial charge in [-0.05, 0) is 47.9 Å². The average Bonchev–Trinajstić information content (AvgIpc) is 2.42. The number of aliphatic hydroxyl groups is 1. The van der Waals surface area contributed by atoms with Crippen LogP contribution in [0.3, 0.4) is 0 Å². The number of aryl methyl sites for hydroxylation is 1. The highest BCUT2D eigenvalue weighted by Gasteiger charge is 2.12. The Morgan fingerprint density at radius 1 is 1.16 bits per heavy atom. The third-order valence-electron chi connectivity index (χ3n) is 3.19. The fourth-order valence-corrected chi connectivity index (χ4v) is 2.25. The van der Waals surface area contributed by atoms with Crippen molar-refractivity contribution in [2.75, 3.05) is 7.11 Å². The second kappa shape index (κ2) is 6.09. The van der Waals surface area contributed by atoms with Crippen molar-refractivity contribution in [2.24, 2.45) is 0 Å². The molecule has 100 valence electrons. The Labute approximate surface area is 118 Å². The van der Waals surface area contributed by atoms with Gasteiger partial charge in [-0.1, -0.05) is 29.8 Å². The first-order valence-electron chi connectivity index (χ1n) is 6.17. The number of rotatable bonds is 4. The molecule has 1 N–H and O–H groups in total. The van der Waals surface area contributed by atoms with Gasteiger partial charge >= 0.3 is 0 Å². The molecular weight excluding hydrogens is 260 g/mol. The highest BCUT2D eigenvalue weighted by molar-refractivity contribution is 6.30. The summed E-state index contributed by atoms with van der Waals surface area (Å²) in [5.41, 5.74) is 2.99. The minimum absolute atomic E-state index is 0.549. The monoisotopic (exact) mass is 276 g/mol. The van der Waals surface area contributed by atoms with Crippen LogP contribution in [-0.2, 0) is 6.42 Å². The third-order valence-corrected chi connectivity index (χ3v) is 3.42. The van der Waals surface area contributed by atoms with Gasteiger partial charge < -0.3 is 9.84 Å². The Morgan fingerprint density at radius 2 is 1.84 bits per heavy atom. The molecule has 0 bridgehead atoms. The summed E-state index contributed by atoms with van der Waals surface area (Å²) in [4.78, 5) is 0. The molecule has 0 saturated carbocycles. The lowest BCUT2D eigenvalue weighted by molar-refractivity contribution is 0.177. The zero-order chi connectivity index (χ0) is 13.8. The fraction of sp³-hybridized carbons (Fsp3) is 0.250. The highest BCUT2D eigenvalue weighted by Crippen LogP contribution is 2.25. The molecule has 0 heterocycles. The van der Waals surface area contributed by atoms with E-state index < -0.39 is 6.10 Å². The maximum atomic E-state index is 10.3. The number of halogens is 1. The van der Waals surface area contributed by atoms with E-state index in [-0.39, 0.29) is 0 Å². The van der Waals surface area contributed by atoms with Crippen molar-refractivity contribution in [2.45, 2.75) is 19.4 Å². The lowest BCUT2D eigenvalue weighted by Gasteiger charge is -2.14. The Balaban J connectivity index is 2.15. The van der Waals surface area contributed by atoms with E-state index in [1.54, 1.807) is 7.11 Å². The van der Waals surface area contributed by atoms with E-state index in [0.717, 1.165) is 22.4 Å². The topological polar surface area (TPSA) is 29.5 Å². The van der Waals surface area contributed by atoms with E-state index >= 15 is 0 Å². The van der Waals surface area contributed by atoms with Crippen LogP contribution in [0.5, 0.6) is 5.75 Å². The van der Waals surface area contributed by atoms with Gasteiger partial charge in [0.25, 0.3) is 0 Å². The van der Waals surface area contributed by atoms with Gasteiger partial charge in [-0.3, -0.25) is 0 Å². The highest BCUT2D eigenvalue weighted by atomic mass is 35.5. The summed E-state index contributed by atoms with van der Waals surface area (Å²) in [7, 11) is 1.64. The van der Waals surface area contributed by atoms with Crippen LogP contribution >= 0.6 is 11.6 Å². The van der Waals surface area contributed by atoms with Crippen LogP contribution in [0.4, 0.5) is 0 Å². The predicted molar refractivity (Wildman–Crippen MR) is 77.8 cm³/mol. The van der Waals surface area contributed by atoms with Gasteiger partial charge in [-0.2, -0.15) is 0 Å². The van der Waals surface area contributed by atoms with Gasteiger partial charge in [0.1, 0.15) is 5.75 Å². The second-order valence-corrected chi connectivity index (χ2v) is 5.01. The van der Waals surface area contributed by atoms with Gasteiger partial charge in [0.2, 0.25) is 0 Å². The van der Waals surface area contributed by atoms with Crippen LogP contribution in [0, 0.1) is 6.92 Å². The van der Waals surface area contributed by atoms with Crippen molar-refractivity contribution < 1.29 is 9.84 Å². The van der Waals surface area contributed by atoms with E-state index in [1.807, 2.05) is 49.4 Å². The average molecular weight is 277 g/mol. The summed E-state index contributed by atoms with van der Waals surface area (Å²) in [5.74, 6) is 0.817. The number of ether oxygens (including phenoxy) is 1. The Bertz CT molecular complexity index is 549. The quantitative estimate of drug-likeness (QED) is 0.917. The van der Waals surface area contributed by atoms with Crippen molar-refractivity contribution in [1.29, 1.82) is 0 Å². The van der Waals surface area contributed by atoms with Crippen LogP contribution < -0.4 is 4.74 Å². The molecule has 0 aromatic heterocycles. The summed E-state index contributed by atoms with van der Waals surface area (Å²) in [6.07, 6.45) is 0.0117. The van der Waals surface area contributed by atoms with Crippen LogP contribution in [0.25, 0.3) is 0 Å². The van der Waals surface area contributed by atoms with Gasteiger partial charge in [-0.15, -0.1) is 0 Å². The van der Waals surface area contributed by atoms with E-state index in [2.05, 4.69) is 0 Å². The maximum Gasteiger partial charge on any atom is 0.118 e. The predicted octanol–water partition coefficient (Wildman–Crippen LogP) is 3.93. The summed E-state index contributed by atoms with van der Waals surface area (Å²) in [6, 6.07) is 13.3. The molecule has 0 amide bonds. The number of benzene rings is 2. The van der Waals surface area contributed by atoms with E-state index in [9.17, 15) is 5.11 Å². The molecule has 2 nitrogen and oxygen atoms in total. The molecule has 1 unspecified atom stereocenters. The second-order valence-electron chi connectivity index (χ2n) is 4.57. The van der Waals surface area contributed by atoms with E-state index in [0.29, 0.717) is 11.4 Å². The largest absolute Gasteiger partial charge is 0.497 e. The summed E-state index contributed by atoms with van der Waals surface area (Å²) >= 11 is 5.98. The summed E-state index contributed by atoms with van der Waals surface area (Å²) < 4.78 is 5.11. The normalized spacial score (nSPS) is 12.2. The molecule has 0 aliphatic heterocycles. The van der Waals surface area contributed by atoms with E-state index in [4.69, 9.17) is 16.3 Å². The zero-order valence-corrected chi connectivity index (χ0v) is 11.8. The van der Waals surface area contributed by atoms with Crippen LogP contribution in [-0.4, -0.2) is 12.2 Å². The van der Waals surface area contributed by atoms with Gasteiger partial charge in [-0.25, -0.2) is 0 Å². The Kier molecular flexibility index (Phi) is 4.46. The number of hydrogen-bond acceptors (Lipinski definition) is 2. The Hall–Kier alpha value is -1.51. The van der Waals surface area contributed by atoms with Crippen LogP contribution in [0.2, 0.25) is 5.02 Å². The lowest BCUT2D eigenvalue weighted by atomic mass is 9.98. The molecule has 2 aromatic rings. The lowest BCUT2D eigenvalue weighted by Crippen LogP contribution is -2.04. The van der Waals surface area contributed by atoms with Crippen LogP contribution in [0.1, 0.15) is 22.8 Å². The van der Waals surface area contributed by atoms with Gasteiger partial charge in [0.15, 0.2) is 0 Å². The molecule has 2 rings (SSSR count). The van der Waals surface area contributed by atoms with Crippen molar-refractivity contribution in [3.63, 3.8) is 0 Å². The molecule has 1 atom stereocenters. The minimum atomic E-state index is -0.549. The van der Waals surface area contributed by atoms with Crippen molar-refractivity contribution in [1.82, 2.24) is 0 Å². The van der Waals surface area contributed by atoms with Gasteiger partial charge in [0, 0.05) is 11.4 Å². The molecular formula is C16H17ClO2. The maximum absolute atomic E-state index is 10.3. The molecule has 0 aliphatic rings. The smallest absolute Gasteiger partial charge is 0.118 e. The SMILES string of the molecule is COc1ccc(CC(O)c2cc(Cl)ccc2C)cc1. The molecule has 0 spiro atoms. The van der Waals surface area contributed by atoms with E-state index in [1.165, 1.54) is 0 Å². The van der Waals surface area contributed by atoms with Crippen molar-refractivity contribution in [3.05, 3.63) is 64.2 Å². The molecule has 0 saturated heterocycles. The molecule has 0 radical (unpaired) electrons. The molecule has 19 heavy (non-hydrogen) atoms. The molecule has 3 heteroatoms. The zero-order valence-electron chi connectivity index (χ0n) is 11.1. The van der Waals surface area contributed by atoms with Gasteiger partial charge in [0.05, 0.1) is 13.2 Å². The number of hydrogen-bond donors (Lipinski definition) is 1.